The van der Waals surface area contributed by atoms with Crippen LogP contribution in [-0.2, 0) is 12.8 Å². The number of aryl methyl sites for hydroxylation is 2. The quantitative estimate of drug-likeness (QED) is 0.473. The molecule has 0 saturated heterocycles. The lowest BCUT2D eigenvalue weighted by atomic mass is 10.0. The first-order chi connectivity index (χ1) is 11.0. The van der Waals surface area contributed by atoms with Crippen molar-refractivity contribution in [2.75, 3.05) is 0 Å². The van der Waals surface area contributed by atoms with E-state index in [1.54, 1.807) is 6.92 Å². The van der Waals surface area contributed by atoms with Gasteiger partial charge in [-0.2, -0.15) is 0 Å². The molecule has 0 N–H and O–H groups in total. The van der Waals surface area contributed by atoms with E-state index in [1.165, 1.54) is 24.3 Å². The molecule has 2 aromatic rings. The van der Waals surface area contributed by atoms with Crippen molar-refractivity contribution >= 4 is 12.2 Å². The summed E-state index contributed by atoms with van der Waals surface area (Å²) < 4.78 is 55.7. The van der Waals surface area contributed by atoms with E-state index >= 15 is 0 Å². The molecule has 0 nitrogen and oxygen atoms in total. The van der Waals surface area contributed by atoms with Crippen molar-refractivity contribution in [2.24, 2.45) is 0 Å². The van der Waals surface area contributed by atoms with Crippen LogP contribution in [0, 0.1) is 23.3 Å². The van der Waals surface area contributed by atoms with Crippen LogP contribution in [0.4, 0.5) is 17.6 Å². The van der Waals surface area contributed by atoms with E-state index in [1.807, 2.05) is 6.92 Å². The highest BCUT2D eigenvalue weighted by Gasteiger charge is 2.11. The molecule has 0 bridgehead atoms. The van der Waals surface area contributed by atoms with Crippen molar-refractivity contribution in [3.63, 3.8) is 0 Å². The van der Waals surface area contributed by atoms with E-state index in [-0.39, 0.29) is 11.1 Å². The Kier molecular flexibility index (Phi) is 5.59. The fourth-order valence-electron chi connectivity index (χ4n) is 2.40. The van der Waals surface area contributed by atoms with Gasteiger partial charge in [0.25, 0.3) is 0 Å². The van der Waals surface area contributed by atoms with Crippen LogP contribution in [0.15, 0.2) is 24.3 Å². The van der Waals surface area contributed by atoms with Crippen LogP contribution >= 0.6 is 0 Å². The average Bonchev–Trinajstić information content (AvgIpc) is 2.48. The monoisotopic (exact) mass is 322 g/mol. The Balaban J connectivity index is 2.38. The minimum absolute atomic E-state index is 0.303. The van der Waals surface area contributed by atoms with Gasteiger partial charge in [0.05, 0.1) is 0 Å². The summed E-state index contributed by atoms with van der Waals surface area (Å²) in [6.07, 6.45) is 3.96. The second-order valence-corrected chi connectivity index (χ2v) is 5.38. The van der Waals surface area contributed by atoms with Gasteiger partial charge >= 0.3 is 0 Å². The first kappa shape index (κ1) is 17.3. The molecule has 0 saturated carbocycles. The van der Waals surface area contributed by atoms with Gasteiger partial charge in [-0.15, -0.1) is 0 Å². The smallest absolute Gasteiger partial charge is 0.133 e. The standard InChI is InChI=1S/C19H18F4/c1-3-5-13-10-18(22)15(19(23)11-13)7-6-14-16(20)8-12(4-2)9-17(14)21/h6-11H,3-5H2,1-2H3. The summed E-state index contributed by atoms with van der Waals surface area (Å²) in [4.78, 5) is 0. The highest BCUT2D eigenvalue weighted by molar-refractivity contribution is 5.71. The maximum absolute atomic E-state index is 14.0. The molecule has 2 rings (SSSR count). The van der Waals surface area contributed by atoms with Gasteiger partial charge in [0.2, 0.25) is 0 Å². The predicted molar refractivity (Wildman–Crippen MR) is 85.0 cm³/mol. The fourth-order valence-corrected chi connectivity index (χ4v) is 2.40. The van der Waals surface area contributed by atoms with Crippen LogP contribution in [0.5, 0.6) is 0 Å². The van der Waals surface area contributed by atoms with Gasteiger partial charge in [-0.05, 0) is 60.4 Å². The third kappa shape index (κ3) is 4.01. The first-order valence-corrected chi connectivity index (χ1v) is 7.60. The molecule has 0 aliphatic heterocycles. The fraction of sp³-hybridized carbons (Fsp3) is 0.263. The van der Waals surface area contributed by atoms with Crippen LogP contribution in [0.1, 0.15) is 42.5 Å². The lowest BCUT2D eigenvalue weighted by Crippen LogP contribution is -1.95. The van der Waals surface area contributed by atoms with Crippen molar-refractivity contribution < 1.29 is 17.6 Å². The molecule has 0 aromatic heterocycles. The van der Waals surface area contributed by atoms with E-state index in [0.29, 0.717) is 24.0 Å². The van der Waals surface area contributed by atoms with Crippen LogP contribution < -0.4 is 0 Å². The van der Waals surface area contributed by atoms with E-state index in [9.17, 15) is 17.6 Å². The van der Waals surface area contributed by atoms with Crippen molar-refractivity contribution in [3.05, 3.63) is 69.8 Å². The largest absolute Gasteiger partial charge is 0.206 e. The topological polar surface area (TPSA) is 0 Å². The summed E-state index contributed by atoms with van der Waals surface area (Å²) >= 11 is 0. The van der Waals surface area contributed by atoms with E-state index in [4.69, 9.17) is 0 Å². The molecular formula is C19H18F4. The molecule has 0 unspecified atom stereocenters. The first-order valence-electron chi connectivity index (χ1n) is 7.60. The summed E-state index contributed by atoms with van der Waals surface area (Å²) in [5.41, 5.74) is 0.476. The molecule has 0 radical (unpaired) electrons. The molecule has 0 heterocycles. The molecule has 2 aromatic carbocycles. The van der Waals surface area contributed by atoms with Crippen LogP contribution in [0.2, 0.25) is 0 Å². The molecule has 0 aliphatic rings. The Bertz CT molecular complexity index is 686. The molecule has 0 aliphatic carbocycles. The number of benzene rings is 2. The van der Waals surface area contributed by atoms with Gasteiger partial charge in [0.1, 0.15) is 23.3 Å². The second-order valence-electron chi connectivity index (χ2n) is 5.38. The zero-order valence-electron chi connectivity index (χ0n) is 13.1. The Hall–Kier alpha value is -2.10. The molecule has 4 heteroatoms. The molecule has 0 atom stereocenters. The normalized spacial score (nSPS) is 11.4. The molecule has 0 amide bonds. The van der Waals surface area contributed by atoms with Crippen LogP contribution in [0.25, 0.3) is 12.2 Å². The Morgan fingerprint density at radius 2 is 1.09 bits per heavy atom. The van der Waals surface area contributed by atoms with Crippen molar-refractivity contribution in [1.29, 1.82) is 0 Å². The van der Waals surface area contributed by atoms with Gasteiger partial charge in [-0.1, -0.05) is 20.3 Å². The van der Waals surface area contributed by atoms with Gasteiger partial charge in [-0.3, -0.25) is 0 Å². The molecule has 0 spiro atoms. The van der Waals surface area contributed by atoms with Crippen molar-refractivity contribution in [2.45, 2.75) is 33.1 Å². The predicted octanol–water partition coefficient (Wildman–Crippen LogP) is 5.93. The van der Waals surface area contributed by atoms with Gasteiger partial charge in [0, 0.05) is 11.1 Å². The summed E-state index contributed by atoms with van der Waals surface area (Å²) in [6.45, 7) is 3.70. The lowest BCUT2D eigenvalue weighted by Gasteiger charge is -2.06. The maximum atomic E-state index is 14.0. The molecule has 0 fully saturated rings. The number of hydrogen-bond acceptors (Lipinski definition) is 0. The maximum Gasteiger partial charge on any atom is 0.133 e. The van der Waals surface area contributed by atoms with Gasteiger partial charge in [-0.25, -0.2) is 17.6 Å². The number of hydrogen-bond donors (Lipinski definition) is 0. The third-order valence-corrected chi connectivity index (χ3v) is 3.64. The minimum Gasteiger partial charge on any atom is -0.206 e. The summed E-state index contributed by atoms with van der Waals surface area (Å²) in [7, 11) is 0. The zero-order chi connectivity index (χ0) is 17.0. The van der Waals surface area contributed by atoms with E-state index < -0.39 is 23.3 Å². The van der Waals surface area contributed by atoms with Gasteiger partial charge in [0.15, 0.2) is 0 Å². The number of rotatable bonds is 5. The number of halogens is 4. The molecular weight excluding hydrogens is 304 g/mol. The van der Waals surface area contributed by atoms with E-state index in [0.717, 1.165) is 18.6 Å². The third-order valence-electron chi connectivity index (χ3n) is 3.64. The summed E-state index contributed by atoms with van der Waals surface area (Å²) in [5, 5.41) is 0. The molecule has 122 valence electrons. The Morgan fingerprint density at radius 3 is 1.43 bits per heavy atom. The second kappa shape index (κ2) is 7.44. The lowest BCUT2D eigenvalue weighted by molar-refractivity contribution is 0.572. The highest BCUT2D eigenvalue weighted by Crippen LogP contribution is 2.22. The average molecular weight is 322 g/mol. The minimum atomic E-state index is -0.749. The van der Waals surface area contributed by atoms with Crippen LogP contribution in [-0.4, -0.2) is 0 Å². The van der Waals surface area contributed by atoms with Crippen molar-refractivity contribution in [3.8, 4) is 0 Å². The van der Waals surface area contributed by atoms with Crippen molar-refractivity contribution in [1.82, 2.24) is 0 Å². The van der Waals surface area contributed by atoms with Crippen LogP contribution in [0.3, 0.4) is 0 Å². The Labute approximate surface area is 133 Å². The highest BCUT2D eigenvalue weighted by atomic mass is 19.1. The Morgan fingerprint density at radius 1 is 0.696 bits per heavy atom. The zero-order valence-corrected chi connectivity index (χ0v) is 13.1. The van der Waals surface area contributed by atoms with E-state index in [2.05, 4.69) is 0 Å². The SMILES string of the molecule is CCCc1cc(F)c(C=Cc2c(F)cc(CC)cc2F)c(F)c1. The summed E-state index contributed by atoms with van der Waals surface area (Å²) in [5.74, 6) is -2.98. The van der Waals surface area contributed by atoms with Gasteiger partial charge < -0.3 is 0 Å². The summed E-state index contributed by atoms with van der Waals surface area (Å²) in [6, 6.07) is 4.94. The molecule has 23 heavy (non-hydrogen) atoms.